The maximum Gasteiger partial charge on any atom is 0.0692 e. The largest absolute Gasteiger partial charge is 0.392 e. The monoisotopic (exact) mass is 185 g/mol. The van der Waals surface area contributed by atoms with Crippen LogP contribution in [0.5, 0.6) is 0 Å². The van der Waals surface area contributed by atoms with Gasteiger partial charge in [-0.25, -0.2) is 0 Å². The summed E-state index contributed by atoms with van der Waals surface area (Å²) in [6.07, 6.45) is 6.09. The molecule has 0 radical (unpaired) electrons. The van der Waals surface area contributed by atoms with Crippen molar-refractivity contribution >= 4 is 0 Å². The molecule has 2 heteroatoms. The molecular formula is C11H23NO. The van der Waals surface area contributed by atoms with E-state index in [2.05, 4.69) is 19.2 Å². The molecule has 2 unspecified atom stereocenters. The second kappa shape index (κ2) is 5.61. The lowest BCUT2D eigenvalue weighted by Gasteiger charge is -2.20. The molecule has 1 saturated carbocycles. The van der Waals surface area contributed by atoms with Crippen LogP contribution in [0.2, 0.25) is 0 Å². The smallest absolute Gasteiger partial charge is 0.0692 e. The van der Waals surface area contributed by atoms with Gasteiger partial charge in [0.25, 0.3) is 0 Å². The Kier molecular flexibility index (Phi) is 4.74. The average molecular weight is 185 g/mol. The zero-order valence-electron chi connectivity index (χ0n) is 8.92. The van der Waals surface area contributed by atoms with E-state index in [1.54, 1.807) is 0 Å². The summed E-state index contributed by atoms with van der Waals surface area (Å²) in [5.41, 5.74) is 0. The summed E-state index contributed by atoms with van der Waals surface area (Å²) in [5.74, 6) is 0.566. The SMILES string of the molecule is CCC(C)NCC(O)C1CCCC1. The first-order chi connectivity index (χ1) is 6.24. The summed E-state index contributed by atoms with van der Waals surface area (Å²) in [5, 5.41) is 13.2. The number of rotatable bonds is 5. The lowest BCUT2D eigenvalue weighted by atomic mass is 10.0. The fourth-order valence-corrected chi connectivity index (χ4v) is 1.98. The molecule has 0 aliphatic heterocycles. The van der Waals surface area contributed by atoms with Crippen LogP contribution in [-0.2, 0) is 0 Å². The highest BCUT2D eigenvalue weighted by atomic mass is 16.3. The highest BCUT2D eigenvalue weighted by Crippen LogP contribution is 2.27. The minimum atomic E-state index is -0.114. The van der Waals surface area contributed by atoms with Crippen molar-refractivity contribution in [3.05, 3.63) is 0 Å². The fraction of sp³-hybridized carbons (Fsp3) is 1.00. The van der Waals surface area contributed by atoms with Crippen LogP contribution in [0.1, 0.15) is 46.0 Å². The lowest BCUT2D eigenvalue weighted by Crippen LogP contribution is -2.36. The Labute approximate surface area is 81.7 Å². The summed E-state index contributed by atoms with van der Waals surface area (Å²) in [6.45, 7) is 5.11. The van der Waals surface area contributed by atoms with Gasteiger partial charge in [-0.1, -0.05) is 19.8 Å². The number of hydrogen-bond acceptors (Lipinski definition) is 2. The molecule has 0 spiro atoms. The molecule has 13 heavy (non-hydrogen) atoms. The van der Waals surface area contributed by atoms with Crippen LogP contribution in [0.3, 0.4) is 0 Å². The minimum Gasteiger partial charge on any atom is -0.392 e. The molecule has 0 heterocycles. The average Bonchev–Trinajstić information content (AvgIpc) is 2.66. The number of aliphatic hydroxyl groups is 1. The quantitative estimate of drug-likeness (QED) is 0.686. The van der Waals surface area contributed by atoms with Crippen LogP contribution < -0.4 is 5.32 Å². The van der Waals surface area contributed by atoms with Crippen molar-refractivity contribution in [3.8, 4) is 0 Å². The summed E-state index contributed by atoms with van der Waals surface area (Å²) >= 11 is 0. The molecule has 0 amide bonds. The maximum absolute atomic E-state index is 9.83. The molecule has 78 valence electrons. The molecule has 1 aliphatic rings. The third kappa shape index (κ3) is 3.65. The predicted octanol–water partition coefficient (Wildman–Crippen LogP) is 1.93. The molecule has 0 aromatic heterocycles. The van der Waals surface area contributed by atoms with Crippen LogP contribution in [0.15, 0.2) is 0 Å². The summed E-state index contributed by atoms with van der Waals surface area (Å²) < 4.78 is 0. The van der Waals surface area contributed by atoms with E-state index in [4.69, 9.17) is 0 Å². The first-order valence-corrected chi connectivity index (χ1v) is 5.65. The first-order valence-electron chi connectivity index (χ1n) is 5.65. The van der Waals surface area contributed by atoms with E-state index in [0.717, 1.165) is 13.0 Å². The predicted molar refractivity (Wildman–Crippen MR) is 55.7 cm³/mol. The van der Waals surface area contributed by atoms with Crippen LogP contribution in [0.25, 0.3) is 0 Å². The summed E-state index contributed by atoms with van der Waals surface area (Å²) in [6, 6.07) is 0.538. The molecule has 0 aromatic rings. The van der Waals surface area contributed by atoms with Gasteiger partial charge in [-0.05, 0) is 32.1 Å². The Morgan fingerprint density at radius 2 is 2.00 bits per heavy atom. The van der Waals surface area contributed by atoms with Crippen LogP contribution in [0.4, 0.5) is 0 Å². The van der Waals surface area contributed by atoms with Gasteiger partial charge in [0, 0.05) is 12.6 Å². The molecule has 0 saturated heterocycles. The van der Waals surface area contributed by atoms with Gasteiger partial charge in [0.2, 0.25) is 0 Å². The van der Waals surface area contributed by atoms with Crippen LogP contribution in [0, 0.1) is 5.92 Å². The van der Waals surface area contributed by atoms with Crippen LogP contribution >= 0.6 is 0 Å². The third-order valence-electron chi connectivity index (χ3n) is 3.23. The van der Waals surface area contributed by atoms with E-state index in [9.17, 15) is 5.11 Å². The van der Waals surface area contributed by atoms with Gasteiger partial charge in [-0.2, -0.15) is 0 Å². The Morgan fingerprint density at radius 1 is 1.38 bits per heavy atom. The van der Waals surface area contributed by atoms with E-state index < -0.39 is 0 Å². The van der Waals surface area contributed by atoms with Crippen molar-refractivity contribution in [2.75, 3.05) is 6.54 Å². The standard InChI is InChI=1S/C11H23NO/c1-3-9(2)12-8-11(13)10-6-4-5-7-10/h9-13H,3-8H2,1-2H3. The molecule has 0 bridgehead atoms. The van der Waals surface area contributed by atoms with E-state index >= 15 is 0 Å². The van der Waals surface area contributed by atoms with Crippen molar-refractivity contribution in [2.45, 2.75) is 58.1 Å². The summed E-state index contributed by atoms with van der Waals surface area (Å²) in [7, 11) is 0. The third-order valence-corrected chi connectivity index (χ3v) is 3.23. The number of hydrogen-bond donors (Lipinski definition) is 2. The lowest BCUT2D eigenvalue weighted by molar-refractivity contribution is 0.106. The van der Waals surface area contributed by atoms with E-state index in [-0.39, 0.29) is 6.10 Å². The summed E-state index contributed by atoms with van der Waals surface area (Å²) in [4.78, 5) is 0. The van der Waals surface area contributed by atoms with E-state index in [0.29, 0.717) is 12.0 Å². The van der Waals surface area contributed by atoms with Crippen molar-refractivity contribution in [2.24, 2.45) is 5.92 Å². The minimum absolute atomic E-state index is 0.114. The van der Waals surface area contributed by atoms with Crippen molar-refractivity contribution < 1.29 is 5.11 Å². The van der Waals surface area contributed by atoms with E-state index in [1.165, 1.54) is 25.7 Å². The van der Waals surface area contributed by atoms with Gasteiger partial charge in [0.1, 0.15) is 0 Å². The van der Waals surface area contributed by atoms with Gasteiger partial charge < -0.3 is 10.4 Å². The zero-order valence-corrected chi connectivity index (χ0v) is 8.92. The van der Waals surface area contributed by atoms with Gasteiger partial charge in [-0.3, -0.25) is 0 Å². The number of nitrogens with one attached hydrogen (secondary N) is 1. The Balaban J connectivity index is 2.12. The zero-order chi connectivity index (χ0) is 9.68. The molecular weight excluding hydrogens is 162 g/mol. The second-order valence-corrected chi connectivity index (χ2v) is 4.33. The van der Waals surface area contributed by atoms with Gasteiger partial charge in [0.15, 0.2) is 0 Å². The van der Waals surface area contributed by atoms with Crippen LogP contribution in [-0.4, -0.2) is 23.8 Å². The van der Waals surface area contributed by atoms with Crippen molar-refractivity contribution in [3.63, 3.8) is 0 Å². The van der Waals surface area contributed by atoms with Gasteiger partial charge in [-0.15, -0.1) is 0 Å². The highest BCUT2D eigenvalue weighted by molar-refractivity contribution is 4.76. The molecule has 0 aromatic carbocycles. The molecule has 2 nitrogen and oxygen atoms in total. The molecule has 1 aliphatic carbocycles. The normalized spacial score (nSPS) is 23.3. The maximum atomic E-state index is 9.83. The number of aliphatic hydroxyl groups excluding tert-OH is 1. The Hall–Kier alpha value is -0.0800. The van der Waals surface area contributed by atoms with Crippen molar-refractivity contribution in [1.29, 1.82) is 0 Å². The second-order valence-electron chi connectivity index (χ2n) is 4.33. The highest BCUT2D eigenvalue weighted by Gasteiger charge is 2.22. The molecule has 1 fully saturated rings. The molecule has 2 atom stereocenters. The Morgan fingerprint density at radius 3 is 2.54 bits per heavy atom. The van der Waals surface area contributed by atoms with Gasteiger partial charge in [0.05, 0.1) is 6.10 Å². The topological polar surface area (TPSA) is 32.3 Å². The van der Waals surface area contributed by atoms with Crippen molar-refractivity contribution in [1.82, 2.24) is 5.32 Å². The fourth-order valence-electron chi connectivity index (χ4n) is 1.98. The molecule has 1 rings (SSSR count). The first kappa shape index (κ1) is 11.0. The van der Waals surface area contributed by atoms with Gasteiger partial charge >= 0.3 is 0 Å². The van der Waals surface area contributed by atoms with E-state index in [1.807, 2.05) is 0 Å². The molecule has 2 N–H and O–H groups in total. The Bertz CT molecular complexity index is 132.